The summed E-state index contributed by atoms with van der Waals surface area (Å²) in [5.74, 6) is 1.22. The van der Waals surface area contributed by atoms with Gasteiger partial charge in [0.1, 0.15) is 5.60 Å². The fraction of sp³-hybridized carbons (Fsp3) is 0.500. The molecule has 1 aromatic rings. The van der Waals surface area contributed by atoms with Gasteiger partial charge in [0.25, 0.3) is 0 Å². The number of anilines is 1. The van der Waals surface area contributed by atoms with Gasteiger partial charge in [-0.3, -0.25) is 5.32 Å². The van der Waals surface area contributed by atoms with Crippen molar-refractivity contribution in [2.75, 3.05) is 19.5 Å². The van der Waals surface area contributed by atoms with Crippen molar-refractivity contribution in [3.05, 3.63) is 17.7 Å². The van der Waals surface area contributed by atoms with Gasteiger partial charge in [-0.2, -0.15) is 0 Å². The Balaban J connectivity index is 2.63. The second-order valence-electron chi connectivity index (χ2n) is 4.47. The summed E-state index contributed by atoms with van der Waals surface area (Å²) >= 11 is 0. The summed E-state index contributed by atoms with van der Waals surface area (Å²) in [7, 11) is 3.16. The molecule has 0 saturated heterocycles. The van der Waals surface area contributed by atoms with Gasteiger partial charge in [-0.25, -0.2) is 4.79 Å². The minimum absolute atomic E-state index is 0.427. The summed E-state index contributed by atoms with van der Waals surface area (Å²) in [5.41, 5.74) is 1.05. The van der Waals surface area contributed by atoms with E-state index in [9.17, 15) is 4.79 Å². The minimum atomic E-state index is -0.600. The molecular weight excluding hydrogens is 246 g/mol. The van der Waals surface area contributed by atoms with Crippen LogP contribution in [-0.4, -0.2) is 20.3 Å². The molecule has 0 aromatic heterocycles. The van der Waals surface area contributed by atoms with E-state index in [0.717, 1.165) is 11.3 Å². The van der Waals surface area contributed by atoms with Crippen molar-refractivity contribution < 1.29 is 19.0 Å². The molecule has 19 heavy (non-hydrogen) atoms. The van der Waals surface area contributed by atoms with Gasteiger partial charge >= 0.3 is 6.09 Å². The fourth-order valence-corrected chi connectivity index (χ4v) is 2.50. The largest absolute Gasteiger partial charge is 0.493 e. The molecule has 0 saturated carbocycles. The number of hydrogen-bond donors (Lipinski definition) is 1. The van der Waals surface area contributed by atoms with Gasteiger partial charge in [-0.15, -0.1) is 0 Å². The molecule has 1 N–H and O–H groups in total. The Morgan fingerprint density at radius 1 is 1.16 bits per heavy atom. The standard InChI is InChI=1S/C14H19NO4/c1-5-14(6-2)9-7-11(17-3)12(18-4)8-10(9)15-13(16)19-14/h7-8H,5-6H2,1-4H3,(H,15,16). The Morgan fingerprint density at radius 2 is 1.74 bits per heavy atom. The first-order valence-electron chi connectivity index (χ1n) is 6.36. The van der Waals surface area contributed by atoms with Crippen molar-refractivity contribution in [1.82, 2.24) is 0 Å². The lowest BCUT2D eigenvalue weighted by Crippen LogP contribution is -2.38. The van der Waals surface area contributed by atoms with Crippen LogP contribution in [-0.2, 0) is 10.3 Å². The number of carbonyl (C=O) groups is 1. The molecule has 1 heterocycles. The van der Waals surface area contributed by atoms with Gasteiger partial charge in [0.2, 0.25) is 0 Å². The Bertz CT molecular complexity index is 494. The number of benzene rings is 1. The molecule has 2 rings (SSSR count). The average molecular weight is 265 g/mol. The predicted octanol–water partition coefficient (Wildman–Crippen LogP) is 3.28. The molecule has 1 aromatic carbocycles. The summed E-state index contributed by atoms with van der Waals surface area (Å²) in [6.07, 6.45) is 0.988. The first-order valence-corrected chi connectivity index (χ1v) is 6.36. The minimum Gasteiger partial charge on any atom is -0.493 e. The lowest BCUT2D eigenvalue weighted by Gasteiger charge is -2.37. The van der Waals surface area contributed by atoms with E-state index < -0.39 is 11.7 Å². The number of rotatable bonds is 4. The van der Waals surface area contributed by atoms with E-state index >= 15 is 0 Å². The lowest BCUT2D eigenvalue weighted by atomic mass is 9.86. The number of ether oxygens (including phenoxy) is 3. The smallest absolute Gasteiger partial charge is 0.412 e. The Morgan fingerprint density at radius 3 is 2.26 bits per heavy atom. The van der Waals surface area contributed by atoms with Crippen LogP contribution in [0, 0.1) is 0 Å². The van der Waals surface area contributed by atoms with Gasteiger partial charge in [-0.05, 0) is 18.9 Å². The summed E-state index contributed by atoms with van der Waals surface area (Å²) in [6.45, 7) is 4.01. The highest BCUT2D eigenvalue weighted by atomic mass is 16.6. The van der Waals surface area contributed by atoms with Gasteiger partial charge in [-0.1, -0.05) is 13.8 Å². The number of hydrogen-bond acceptors (Lipinski definition) is 4. The zero-order valence-electron chi connectivity index (χ0n) is 11.7. The molecule has 1 aliphatic heterocycles. The van der Waals surface area contributed by atoms with Crippen molar-refractivity contribution in [3.8, 4) is 11.5 Å². The second kappa shape index (κ2) is 4.99. The van der Waals surface area contributed by atoms with Crippen molar-refractivity contribution in [2.45, 2.75) is 32.3 Å². The highest BCUT2D eigenvalue weighted by molar-refractivity contribution is 5.89. The van der Waals surface area contributed by atoms with Crippen molar-refractivity contribution in [1.29, 1.82) is 0 Å². The Kier molecular flexibility index (Phi) is 3.55. The first kappa shape index (κ1) is 13.5. The number of nitrogens with one attached hydrogen (secondary N) is 1. The average Bonchev–Trinajstić information content (AvgIpc) is 2.44. The maximum atomic E-state index is 11.7. The highest BCUT2D eigenvalue weighted by Crippen LogP contribution is 2.45. The molecule has 0 bridgehead atoms. The van der Waals surface area contributed by atoms with Crippen LogP contribution in [0.4, 0.5) is 10.5 Å². The quantitative estimate of drug-likeness (QED) is 0.907. The van der Waals surface area contributed by atoms with Gasteiger partial charge in [0, 0.05) is 11.6 Å². The maximum Gasteiger partial charge on any atom is 0.412 e. The third kappa shape index (κ3) is 2.09. The molecule has 104 valence electrons. The van der Waals surface area contributed by atoms with E-state index in [-0.39, 0.29) is 0 Å². The zero-order chi connectivity index (χ0) is 14.0. The van der Waals surface area contributed by atoms with E-state index in [1.165, 1.54) is 0 Å². The van der Waals surface area contributed by atoms with E-state index in [1.807, 2.05) is 19.9 Å². The van der Waals surface area contributed by atoms with E-state index in [1.54, 1.807) is 20.3 Å². The second-order valence-corrected chi connectivity index (χ2v) is 4.47. The van der Waals surface area contributed by atoms with E-state index in [0.29, 0.717) is 24.3 Å². The third-order valence-electron chi connectivity index (χ3n) is 3.68. The Hall–Kier alpha value is -1.91. The number of cyclic esters (lactones) is 1. The molecule has 5 nitrogen and oxygen atoms in total. The molecule has 1 amide bonds. The Labute approximate surface area is 112 Å². The molecule has 0 atom stereocenters. The molecular formula is C14H19NO4. The summed E-state index contributed by atoms with van der Waals surface area (Å²) in [5, 5.41) is 2.71. The number of amides is 1. The van der Waals surface area contributed by atoms with Crippen LogP contribution in [0.5, 0.6) is 11.5 Å². The fourth-order valence-electron chi connectivity index (χ4n) is 2.50. The SMILES string of the molecule is CCC1(CC)OC(=O)Nc2cc(OC)c(OC)cc21. The third-order valence-corrected chi connectivity index (χ3v) is 3.68. The molecule has 0 fully saturated rings. The van der Waals surface area contributed by atoms with Gasteiger partial charge in [0.05, 0.1) is 19.9 Å². The summed E-state index contributed by atoms with van der Waals surface area (Å²) in [6, 6.07) is 3.65. The number of carbonyl (C=O) groups excluding carboxylic acids is 1. The van der Waals surface area contributed by atoms with Crippen LogP contribution in [0.3, 0.4) is 0 Å². The van der Waals surface area contributed by atoms with Crippen LogP contribution in [0.15, 0.2) is 12.1 Å². The normalized spacial score (nSPS) is 16.1. The molecule has 0 radical (unpaired) electrons. The van der Waals surface area contributed by atoms with E-state index in [2.05, 4.69) is 5.32 Å². The summed E-state index contributed by atoms with van der Waals surface area (Å²) < 4.78 is 16.1. The van der Waals surface area contributed by atoms with E-state index in [4.69, 9.17) is 14.2 Å². The van der Waals surface area contributed by atoms with Crippen LogP contribution >= 0.6 is 0 Å². The first-order chi connectivity index (χ1) is 9.10. The molecule has 0 unspecified atom stereocenters. The zero-order valence-corrected chi connectivity index (χ0v) is 11.7. The van der Waals surface area contributed by atoms with Crippen LogP contribution in [0.25, 0.3) is 0 Å². The molecule has 0 aliphatic carbocycles. The van der Waals surface area contributed by atoms with Gasteiger partial charge in [0.15, 0.2) is 11.5 Å². The molecule has 5 heteroatoms. The van der Waals surface area contributed by atoms with Crippen LogP contribution in [0.1, 0.15) is 32.3 Å². The van der Waals surface area contributed by atoms with Gasteiger partial charge < -0.3 is 14.2 Å². The number of fused-ring (bicyclic) bond motifs is 1. The van der Waals surface area contributed by atoms with Crippen molar-refractivity contribution in [2.24, 2.45) is 0 Å². The maximum absolute atomic E-state index is 11.7. The number of methoxy groups -OCH3 is 2. The molecule has 0 spiro atoms. The lowest BCUT2D eigenvalue weighted by molar-refractivity contribution is 0.00452. The van der Waals surface area contributed by atoms with Crippen molar-refractivity contribution >= 4 is 11.8 Å². The van der Waals surface area contributed by atoms with Crippen molar-refractivity contribution in [3.63, 3.8) is 0 Å². The highest BCUT2D eigenvalue weighted by Gasteiger charge is 2.40. The van der Waals surface area contributed by atoms with Crippen LogP contribution < -0.4 is 14.8 Å². The monoisotopic (exact) mass is 265 g/mol. The molecule has 1 aliphatic rings. The topological polar surface area (TPSA) is 56.8 Å². The van der Waals surface area contributed by atoms with Crippen LogP contribution in [0.2, 0.25) is 0 Å². The predicted molar refractivity (Wildman–Crippen MR) is 71.9 cm³/mol. The summed E-state index contributed by atoms with van der Waals surface area (Å²) in [4.78, 5) is 11.7.